The molecule has 182 valence electrons. The number of carbonyl (C=O) groups excluding carboxylic acids is 1. The number of hydrogen-bond acceptors (Lipinski definition) is 6. The summed E-state index contributed by atoms with van der Waals surface area (Å²) >= 11 is 0. The maximum absolute atomic E-state index is 13.3. The smallest absolute Gasteiger partial charge is 0.252 e. The molecule has 5 aromatic rings. The van der Waals surface area contributed by atoms with Crippen molar-refractivity contribution in [1.29, 1.82) is 0 Å². The molecule has 0 aliphatic carbocycles. The van der Waals surface area contributed by atoms with Crippen molar-refractivity contribution in [3.63, 3.8) is 0 Å². The second kappa shape index (κ2) is 6.64. The van der Waals surface area contributed by atoms with Crippen LogP contribution in [0.5, 0.6) is 0 Å². The van der Waals surface area contributed by atoms with Crippen LogP contribution in [0.25, 0.3) is 43.6 Å². The molecule has 2 bridgehead atoms. The van der Waals surface area contributed by atoms with E-state index in [2.05, 4.69) is 20.5 Å². The zero-order valence-corrected chi connectivity index (χ0v) is 19.7. The van der Waals surface area contributed by atoms with E-state index >= 15 is 0 Å². The first kappa shape index (κ1) is 20.7. The van der Waals surface area contributed by atoms with E-state index < -0.39 is 24.1 Å². The van der Waals surface area contributed by atoms with Crippen LogP contribution in [0, 0.1) is 5.21 Å². The molecule has 0 spiro atoms. The number of aromatic nitrogens is 2. The van der Waals surface area contributed by atoms with Gasteiger partial charge in [-0.15, -0.1) is 0 Å². The molecule has 0 saturated carbocycles. The monoisotopic (exact) mass is 483 g/mol. The first-order valence-electron chi connectivity index (χ1n) is 12.1. The Morgan fingerprint density at radius 2 is 1.81 bits per heavy atom. The minimum absolute atomic E-state index is 0.0110. The predicted molar refractivity (Wildman–Crippen MR) is 134 cm³/mol. The molecule has 2 N–H and O–H groups in total. The molecule has 3 aliphatic heterocycles. The molecule has 3 aliphatic rings. The minimum atomic E-state index is -1.12. The molecule has 3 aromatic carbocycles. The Morgan fingerprint density at radius 3 is 2.53 bits per heavy atom. The number of hydrogen-bond donors (Lipinski definition) is 2. The van der Waals surface area contributed by atoms with Gasteiger partial charge in [0.2, 0.25) is 0 Å². The first-order chi connectivity index (χ1) is 17.5. The van der Waals surface area contributed by atoms with Crippen LogP contribution < -0.4 is 5.32 Å². The third-order valence-corrected chi connectivity index (χ3v) is 8.48. The molecule has 0 radical (unpaired) electrons. The Kier molecular flexibility index (Phi) is 3.82. The summed E-state index contributed by atoms with van der Waals surface area (Å²) in [6.45, 7) is 2.36. The fourth-order valence-electron chi connectivity index (χ4n) is 7.24. The Labute approximate surface area is 204 Å². The van der Waals surface area contributed by atoms with Gasteiger partial charge in [-0.2, -0.15) is 0 Å². The van der Waals surface area contributed by atoms with Crippen LogP contribution in [-0.4, -0.2) is 44.7 Å². The highest BCUT2D eigenvalue weighted by Gasteiger charge is 2.53. The summed E-state index contributed by atoms with van der Waals surface area (Å²) in [5.74, 6) is -0.0836. The zero-order chi connectivity index (χ0) is 24.5. The van der Waals surface area contributed by atoms with Crippen LogP contribution in [0.3, 0.4) is 0 Å². The van der Waals surface area contributed by atoms with Gasteiger partial charge >= 0.3 is 0 Å². The maximum Gasteiger partial charge on any atom is 0.252 e. The summed E-state index contributed by atoms with van der Waals surface area (Å²) in [6.07, 6.45) is -1.11. The van der Waals surface area contributed by atoms with Gasteiger partial charge in [0.25, 0.3) is 5.91 Å². The minimum Gasteiger partial charge on any atom is -0.762 e. The Bertz CT molecular complexity index is 1790. The lowest BCUT2D eigenvalue weighted by Crippen LogP contribution is -2.59. The largest absolute Gasteiger partial charge is 0.762 e. The molecule has 4 atom stereocenters. The number of amides is 1. The summed E-state index contributed by atoms with van der Waals surface area (Å²) in [5.41, 5.74) is 4.23. The molecule has 2 aromatic heterocycles. The average molecular weight is 484 g/mol. The Hall–Kier alpha value is -3.47. The van der Waals surface area contributed by atoms with Crippen molar-refractivity contribution in [1.82, 2.24) is 19.7 Å². The number of carbonyl (C=O) groups is 1. The normalized spacial score (nSPS) is 27.0. The van der Waals surface area contributed by atoms with Gasteiger partial charge in [-0.25, -0.2) is 0 Å². The molecule has 1 amide bonds. The molecular weight excluding hydrogens is 460 g/mol. The van der Waals surface area contributed by atoms with Crippen LogP contribution in [0.4, 0.5) is 0 Å². The van der Waals surface area contributed by atoms with Crippen LogP contribution in [0.2, 0.25) is 0 Å². The number of para-hydroxylation sites is 2. The highest BCUT2D eigenvalue weighted by atomic mass is 16.8. The lowest BCUT2D eigenvalue weighted by Gasteiger charge is -2.51. The van der Waals surface area contributed by atoms with Crippen molar-refractivity contribution in [2.75, 3.05) is 7.11 Å². The van der Waals surface area contributed by atoms with E-state index in [1.807, 2.05) is 49.4 Å². The fraction of sp³-hybridized carbons (Fsp3) is 0.296. The third-order valence-electron chi connectivity index (χ3n) is 8.48. The van der Waals surface area contributed by atoms with Crippen LogP contribution in [0.15, 0.2) is 48.5 Å². The molecule has 1 fully saturated rings. The van der Waals surface area contributed by atoms with Crippen LogP contribution >= 0.6 is 0 Å². The lowest BCUT2D eigenvalue weighted by atomic mass is 9.93. The highest BCUT2D eigenvalue weighted by Crippen LogP contribution is 2.54. The molecule has 8 rings (SSSR count). The quantitative estimate of drug-likeness (QED) is 0.363. The molecule has 5 heterocycles. The maximum atomic E-state index is 13.3. The molecule has 36 heavy (non-hydrogen) atoms. The summed E-state index contributed by atoms with van der Waals surface area (Å²) in [6, 6.07) is 15.2. The van der Waals surface area contributed by atoms with Crippen molar-refractivity contribution >= 4 is 49.5 Å². The van der Waals surface area contributed by atoms with E-state index in [4.69, 9.17) is 9.47 Å². The van der Waals surface area contributed by atoms with E-state index in [0.717, 1.165) is 49.2 Å². The van der Waals surface area contributed by atoms with Gasteiger partial charge in [-0.05, 0) is 24.6 Å². The SMILES string of the molecule is COC1C(N([O-])O)CC2OC1(C)n1c3ccccc3c3c4c(c5c6ccccc6n2c5c31)C(=O)NC4. The molecule has 1 saturated heterocycles. The number of fused-ring (bicyclic) bond motifs is 13. The van der Waals surface area contributed by atoms with Crippen molar-refractivity contribution in [2.45, 2.75) is 44.0 Å². The van der Waals surface area contributed by atoms with E-state index in [-0.39, 0.29) is 17.6 Å². The molecule has 9 nitrogen and oxygen atoms in total. The highest BCUT2D eigenvalue weighted by molar-refractivity contribution is 6.31. The molecular formula is C27H23N4O5-. The van der Waals surface area contributed by atoms with E-state index in [9.17, 15) is 15.2 Å². The first-order valence-corrected chi connectivity index (χ1v) is 12.1. The van der Waals surface area contributed by atoms with Gasteiger partial charge in [0.05, 0.1) is 33.7 Å². The number of methoxy groups -OCH3 is 1. The van der Waals surface area contributed by atoms with Gasteiger partial charge in [0, 0.05) is 41.6 Å². The van der Waals surface area contributed by atoms with Crippen molar-refractivity contribution in [3.8, 4) is 0 Å². The number of hydroxylamine groups is 2. The van der Waals surface area contributed by atoms with E-state index in [1.165, 1.54) is 0 Å². The number of ether oxygens (including phenoxy) is 2. The topological polar surface area (TPSA) is 104 Å². The van der Waals surface area contributed by atoms with Gasteiger partial charge in [-0.3, -0.25) is 10.0 Å². The number of benzene rings is 3. The molecule has 4 unspecified atom stereocenters. The fourth-order valence-corrected chi connectivity index (χ4v) is 7.24. The van der Waals surface area contributed by atoms with Gasteiger partial charge in [0.15, 0.2) is 5.72 Å². The van der Waals surface area contributed by atoms with Gasteiger partial charge in [-0.1, -0.05) is 36.4 Å². The van der Waals surface area contributed by atoms with Crippen molar-refractivity contribution in [3.05, 3.63) is 64.9 Å². The standard InChI is InChI=1S/C27H23N4O5/c1-27-25(35-2)18(31(33)34)11-19(36-27)29-16-9-5-3-7-13(16)21-22-15(12-28-26(22)32)20-14-8-4-6-10-17(14)30(27)24(20)23(21)29/h3-10,18-19,25,33H,11-12H2,1-2H3,(H,28,32)/q-1. The summed E-state index contributed by atoms with van der Waals surface area (Å²) in [7, 11) is 1.54. The number of nitrogens with one attached hydrogen (secondary N) is 1. The summed E-state index contributed by atoms with van der Waals surface area (Å²) < 4.78 is 17.0. The summed E-state index contributed by atoms with van der Waals surface area (Å²) in [4.78, 5) is 13.3. The van der Waals surface area contributed by atoms with E-state index in [0.29, 0.717) is 12.1 Å². The Balaban J connectivity index is 1.70. The molecule has 9 heteroatoms. The average Bonchev–Trinajstić information content (AvgIpc) is 3.51. The van der Waals surface area contributed by atoms with Crippen molar-refractivity contribution < 1.29 is 19.5 Å². The third kappa shape index (κ3) is 2.18. The zero-order valence-electron chi connectivity index (χ0n) is 19.7. The van der Waals surface area contributed by atoms with Crippen LogP contribution in [-0.2, 0) is 21.7 Å². The van der Waals surface area contributed by atoms with Gasteiger partial charge in [0.1, 0.15) is 12.3 Å². The number of rotatable bonds is 2. The predicted octanol–water partition coefficient (Wildman–Crippen LogP) is 4.32. The van der Waals surface area contributed by atoms with Crippen LogP contribution in [0.1, 0.15) is 35.5 Å². The second-order valence-corrected chi connectivity index (χ2v) is 10.1. The Morgan fingerprint density at radius 1 is 1.11 bits per heavy atom. The van der Waals surface area contributed by atoms with Gasteiger partial charge < -0.3 is 34.3 Å². The summed E-state index contributed by atoms with van der Waals surface area (Å²) in [5, 5.41) is 29.6. The van der Waals surface area contributed by atoms with Crippen molar-refractivity contribution in [2.24, 2.45) is 0 Å². The lowest BCUT2D eigenvalue weighted by molar-refractivity contribution is -0.288. The van der Waals surface area contributed by atoms with E-state index in [1.54, 1.807) is 7.11 Å². The number of nitrogens with zero attached hydrogens (tertiary/aromatic N) is 3. The second-order valence-electron chi connectivity index (χ2n) is 10.1.